The van der Waals surface area contributed by atoms with Crippen LogP contribution < -0.4 is 4.74 Å². The smallest absolute Gasteiger partial charge is 0.273 e. The van der Waals surface area contributed by atoms with Gasteiger partial charge in [-0.3, -0.25) is 10.1 Å². The molecule has 0 aliphatic carbocycles. The molecule has 0 aromatic heterocycles. The topological polar surface area (TPSA) is 52.4 Å². The number of rotatable bonds is 5. The van der Waals surface area contributed by atoms with Crippen LogP contribution in [0.25, 0.3) is 0 Å². The maximum absolute atomic E-state index is 10.6. The van der Waals surface area contributed by atoms with Crippen LogP contribution in [-0.4, -0.2) is 17.4 Å². The van der Waals surface area contributed by atoms with Crippen LogP contribution in [0.4, 0.5) is 5.69 Å². The number of hydrogen-bond donors (Lipinski definition) is 0. The van der Waals surface area contributed by atoms with Gasteiger partial charge in [-0.05, 0) is 22.0 Å². The molecule has 1 rings (SSSR count). The van der Waals surface area contributed by atoms with Crippen LogP contribution in [0.1, 0.15) is 6.92 Å². The second-order valence-electron chi connectivity index (χ2n) is 3.44. The largest absolute Gasteiger partial charge is 0.492 e. The lowest BCUT2D eigenvalue weighted by Crippen LogP contribution is -2.10. The molecule has 0 bridgehead atoms. The van der Waals surface area contributed by atoms with Crippen LogP contribution in [0.5, 0.6) is 5.75 Å². The Hall–Kier alpha value is -0.810. The summed E-state index contributed by atoms with van der Waals surface area (Å²) >= 11 is 8.91. The molecule has 0 saturated carbocycles. The monoisotopic (exact) mass is 307 g/mol. The third-order valence-corrected chi connectivity index (χ3v) is 3.09. The van der Waals surface area contributed by atoms with Crippen LogP contribution in [0, 0.1) is 16.0 Å². The van der Waals surface area contributed by atoms with Crippen molar-refractivity contribution in [2.45, 2.75) is 6.92 Å². The highest BCUT2D eigenvalue weighted by Gasteiger charge is 2.11. The molecule has 4 nitrogen and oxygen atoms in total. The maximum atomic E-state index is 10.6. The van der Waals surface area contributed by atoms with Gasteiger partial charge < -0.3 is 4.74 Å². The first-order chi connectivity index (χ1) is 7.54. The van der Waals surface area contributed by atoms with Crippen molar-refractivity contribution in [3.05, 3.63) is 32.8 Å². The number of non-ortho nitro benzene ring substituents is 1. The second kappa shape index (κ2) is 6.06. The first-order valence-corrected chi connectivity index (χ1v) is 6.00. The van der Waals surface area contributed by atoms with Gasteiger partial charge in [-0.1, -0.05) is 6.92 Å². The summed E-state index contributed by atoms with van der Waals surface area (Å²) in [6.07, 6.45) is 0. The van der Waals surface area contributed by atoms with Crippen molar-refractivity contribution >= 4 is 33.2 Å². The summed E-state index contributed by atoms with van der Waals surface area (Å²) in [5.74, 6) is 1.16. The molecule has 0 N–H and O–H groups in total. The van der Waals surface area contributed by atoms with Crippen LogP contribution in [0.3, 0.4) is 0 Å². The van der Waals surface area contributed by atoms with E-state index in [1.165, 1.54) is 12.1 Å². The highest BCUT2D eigenvalue weighted by molar-refractivity contribution is 9.10. The van der Waals surface area contributed by atoms with E-state index in [4.69, 9.17) is 16.3 Å². The zero-order valence-corrected chi connectivity index (χ0v) is 11.0. The number of nitrogens with zero attached hydrogens (tertiary/aromatic N) is 1. The minimum absolute atomic E-state index is 0.0109. The van der Waals surface area contributed by atoms with Crippen molar-refractivity contribution in [3.8, 4) is 5.75 Å². The van der Waals surface area contributed by atoms with Gasteiger partial charge in [-0.25, -0.2) is 0 Å². The van der Waals surface area contributed by atoms with Crippen molar-refractivity contribution in [2.24, 2.45) is 5.92 Å². The zero-order chi connectivity index (χ0) is 12.1. The van der Waals surface area contributed by atoms with E-state index < -0.39 is 4.92 Å². The molecular formula is C10H11BrClNO3. The van der Waals surface area contributed by atoms with Crippen molar-refractivity contribution in [1.29, 1.82) is 0 Å². The fourth-order valence-electron chi connectivity index (χ4n) is 0.993. The Kier molecular flexibility index (Phi) is 5.02. The Bertz CT molecular complexity index is 386. The van der Waals surface area contributed by atoms with E-state index in [1.54, 1.807) is 6.07 Å². The van der Waals surface area contributed by atoms with Gasteiger partial charge in [0.25, 0.3) is 5.69 Å². The molecule has 16 heavy (non-hydrogen) atoms. The van der Waals surface area contributed by atoms with Gasteiger partial charge in [-0.15, -0.1) is 11.6 Å². The van der Waals surface area contributed by atoms with E-state index in [-0.39, 0.29) is 11.6 Å². The third kappa shape index (κ3) is 3.64. The number of alkyl halides is 1. The van der Waals surface area contributed by atoms with Gasteiger partial charge in [0.1, 0.15) is 5.75 Å². The van der Waals surface area contributed by atoms with Crippen molar-refractivity contribution in [1.82, 2.24) is 0 Å². The molecular weight excluding hydrogens is 297 g/mol. The number of hydrogen-bond acceptors (Lipinski definition) is 3. The Morgan fingerprint density at radius 2 is 2.31 bits per heavy atom. The number of benzene rings is 1. The molecule has 1 aromatic carbocycles. The fourth-order valence-corrected chi connectivity index (χ4v) is 1.44. The summed E-state index contributed by atoms with van der Waals surface area (Å²) in [6, 6.07) is 4.41. The van der Waals surface area contributed by atoms with Crippen LogP contribution in [-0.2, 0) is 0 Å². The second-order valence-corrected chi connectivity index (χ2v) is 4.61. The average molecular weight is 309 g/mol. The quantitative estimate of drug-likeness (QED) is 0.474. The molecule has 0 saturated heterocycles. The molecule has 0 spiro atoms. The van der Waals surface area contributed by atoms with Gasteiger partial charge in [0, 0.05) is 17.9 Å². The third-order valence-electron chi connectivity index (χ3n) is 1.91. The molecule has 0 aliphatic rings. The molecule has 1 aromatic rings. The zero-order valence-electron chi connectivity index (χ0n) is 8.65. The summed E-state index contributed by atoms with van der Waals surface area (Å²) in [5, 5.41) is 10.6. The van der Waals surface area contributed by atoms with Crippen molar-refractivity contribution < 1.29 is 9.66 Å². The normalized spacial score (nSPS) is 12.2. The lowest BCUT2D eigenvalue weighted by Gasteiger charge is -2.11. The number of halogens is 2. The average Bonchev–Trinajstić information content (AvgIpc) is 2.27. The lowest BCUT2D eigenvalue weighted by atomic mass is 10.2. The van der Waals surface area contributed by atoms with E-state index >= 15 is 0 Å². The lowest BCUT2D eigenvalue weighted by molar-refractivity contribution is -0.385. The molecule has 0 amide bonds. The minimum atomic E-state index is -0.454. The predicted molar refractivity (Wildman–Crippen MR) is 66.2 cm³/mol. The minimum Gasteiger partial charge on any atom is -0.492 e. The Morgan fingerprint density at radius 3 is 2.88 bits per heavy atom. The fraction of sp³-hybridized carbons (Fsp3) is 0.400. The number of nitro groups is 1. The van der Waals surface area contributed by atoms with E-state index in [0.29, 0.717) is 22.7 Å². The summed E-state index contributed by atoms with van der Waals surface area (Å²) in [4.78, 5) is 10.1. The predicted octanol–water partition coefficient (Wildman–Crippen LogP) is 3.61. The van der Waals surface area contributed by atoms with Crippen LogP contribution >= 0.6 is 27.5 Å². The molecule has 6 heteroatoms. The maximum Gasteiger partial charge on any atom is 0.273 e. The Morgan fingerprint density at radius 1 is 1.62 bits per heavy atom. The van der Waals surface area contributed by atoms with Crippen LogP contribution in [0.15, 0.2) is 22.7 Å². The van der Waals surface area contributed by atoms with Gasteiger partial charge in [-0.2, -0.15) is 0 Å². The van der Waals surface area contributed by atoms with E-state index in [9.17, 15) is 10.1 Å². The summed E-state index contributed by atoms with van der Waals surface area (Å²) in [7, 11) is 0. The molecule has 0 radical (unpaired) electrons. The summed E-state index contributed by atoms with van der Waals surface area (Å²) < 4.78 is 6.14. The molecule has 1 unspecified atom stereocenters. The van der Waals surface area contributed by atoms with Gasteiger partial charge in [0.15, 0.2) is 0 Å². The number of nitro benzene ring substituents is 1. The van der Waals surface area contributed by atoms with Gasteiger partial charge >= 0.3 is 0 Å². The molecule has 0 aliphatic heterocycles. The van der Waals surface area contributed by atoms with Crippen molar-refractivity contribution in [2.75, 3.05) is 12.5 Å². The van der Waals surface area contributed by atoms with E-state index in [1.807, 2.05) is 6.92 Å². The summed E-state index contributed by atoms with van der Waals surface area (Å²) in [6.45, 7) is 2.38. The first kappa shape index (κ1) is 13.3. The highest BCUT2D eigenvalue weighted by atomic mass is 79.9. The molecule has 1 atom stereocenters. The molecule has 0 heterocycles. The van der Waals surface area contributed by atoms with Gasteiger partial charge in [0.05, 0.1) is 22.1 Å². The highest BCUT2D eigenvalue weighted by Crippen LogP contribution is 2.29. The van der Waals surface area contributed by atoms with E-state index in [0.717, 1.165) is 0 Å². The van der Waals surface area contributed by atoms with E-state index in [2.05, 4.69) is 15.9 Å². The number of ether oxygens (including phenoxy) is 1. The molecule has 0 fully saturated rings. The van der Waals surface area contributed by atoms with Crippen molar-refractivity contribution in [3.63, 3.8) is 0 Å². The first-order valence-electron chi connectivity index (χ1n) is 4.67. The van der Waals surface area contributed by atoms with Crippen LogP contribution in [0.2, 0.25) is 0 Å². The Labute approximate surface area is 107 Å². The Balaban J connectivity index is 2.78. The summed E-state index contributed by atoms with van der Waals surface area (Å²) in [5.41, 5.74) is 0.0109. The SMILES string of the molecule is CC(CCl)COc1cc([N+](=O)[O-])ccc1Br. The standard InChI is InChI=1S/C10H11BrClNO3/c1-7(5-12)6-16-10-4-8(13(14)15)2-3-9(10)11/h2-4,7H,5-6H2,1H3. The van der Waals surface area contributed by atoms with Gasteiger partial charge in [0.2, 0.25) is 0 Å². The molecule has 88 valence electrons.